The molecule has 112 valence electrons. The average Bonchev–Trinajstić information content (AvgIpc) is 2.49. The van der Waals surface area contributed by atoms with Gasteiger partial charge in [0.05, 0.1) is 14.2 Å². The van der Waals surface area contributed by atoms with Gasteiger partial charge in [0, 0.05) is 9.85 Å². The molecule has 0 aromatic heterocycles. The molecule has 2 rings (SSSR count). The predicted molar refractivity (Wildman–Crippen MR) is 91.1 cm³/mol. The van der Waals surface area contributed by atoms with E-state index in [0.717, 1.165) is 28.5 Å². The highest BCUT2D eigenvalue weighted by Gasteiger charge is 2.14. The third-order valence-corrected chi connectivity index (χ3v) is 4.74. The van der Waals surface area contributed by atoms with Crippen LogP contribution in [-0.4, -0.2) is 14.2 Å². The molecule has 0 amide bonds. The summed E-state index contributed by atoms with van der Waals surface area (Å²) in [5, 5.41) is 0.796. The Balaban J connectivity index is 2.23. The highest BCUT2D eigenvalue weighted by Crippen LogP contribution is 2.34. The van der Waals surface area contributed by atoms with Crippen LogP contribution in [0.5, 0.6) is 11.5 Å². The summed E-state index contributed by atoms with van der Waals surface area (Å²) in [6.45, 7) is 2.04. The third-order valence-electron chi connectivity index (χ3n) is 3.51. The van der Waals surface area contributed by atoms with Crippen LogP contribution in [0.2, 0.25) is 5.02 Å². The molecule has 0 fully saturated rings. The van der Waals surface area contributed by atoms with Gasteiger partial charge in [-0.25, -0.2) is 0 Å². The summed E-state index contributed by atoms with van der Waals surface area (Å²) in [4.78, 5) is 0.203. The van der Waals surface area contributed by atoms with E-state index in [1.54, 1.807) is 14.2 Å². The van der Waals surface area contributed by atoms with Gasteiger partial charge in [-0.15, -0.1) is 0 Å². The first-order valence-corrected chi connectivity index (χ1v) is 7.96. The van der Waals surface area contributed by atoms with Crippen LogP contribution >= 0.6 is 27.5 Å². The molecule has 0 aliphatic heterocycles. The molecule has 0 aliphatic rings. The number of ether oxygens (including phenoxy) is 2. The standard InChI is InChI=1S/C17H18BrClO2/c1-11-13(5-4-6-15(11)19)14(18)9-12-7-8-16(20-2)17(10-12)21-3/h4-8,10,14H,9H2,1-3H3. The van der Waals surface area contributed by atoms with Gasteiger partial charge in [-0.2, -0.15) is 0 Å². The van der Waals surface area contributed by atoms with E-state index in [1.165, 1.54) is 11.1 Å². The first kappa shape index (κ1) is 16.2. The van der Waals surface area contributed by atoms with Gasteiger partial charge >= 0.3 is 0 Å². The van der Waals surface area contributed by atoms with Crippen LogP contribution in [0.25, 0.3) is 0 Å². The molecule has 0 heterocycles. The molecule has 0 radical (unpaired) electrons. The predicted octanol–water partition coefficient (Wildman–Crippen LogP) is 5.34. The summed E-state index contributed by atoms with van der Waals surface area (Å²) in [6.07, 6.45) is 0.849. The van der Waals surface area contributed by atoms with E-state index in [2.05, 4.69) is 28.1 Å². The van der Waals surface area contributed by atoms with Crippen LogP contribution in [0.3, 0.4) is 0 Å². The molecule has 4 heteroatoms. The van der Waals surface area contributed by atoms with Crippen molar-refractivity contribution in [1.82, 2.24) is 0 Å². The van der Waals surface area contributed by atoms with Gasteiger partial charge in [0.1, 0.15) is 0 Å². The molecule has 2 aromatic carbocycles. The Morgan fingerprint density at radius 3 is 2.48 bits per heavy atom. The lowest BCUT2D eigenvalue weighted by atomic mass is 10.00. The summed E-state index contributed by atoms with van der Waals surface area (Å²) in [7, 11) is 3.29. The maximum Gasteiger partial charge on any atom is 0.160 e. The fraction of sp³-hybridized carbons (Fsp3) is 0.294. The van der Waals surface area contributed by atoms with Crippen molar-refractivity contribution in [3.05, 3.63) is 58.1 Å². The van der Waals surface area contributed by atoms with Crippen molar-refractivity contribution in [1.29, 1.82) is 0 Å². The third kappa shape index (κ3) is 3.72. The Hall–Kier alpha value is -1.19. The largest absolute Gasteiger partial charge is 0.493 e. The van der Waals surface area contributed by atoms with Crippen LogP contribution < -0.4 is 9.47 Å². The second-order valence-electron chi connectivity index (χ2n) is 4.82. The lowest BCUT2D eigenvalue weighted by Crippen LogP contribution is -1.99. The molecule has 0 spiro atoms. The number of methoxy groups -OCH3 is 2. The summed E-state index contributed by atoms with van der Waals surface area (Å²) in [6, 6.07) is 12.0. The highest BCUT2D eigenvalue weighted by atomic mass is 79.9. The zero-order valence-corrected chi connectivity index (χ0v) is 14.7. The Bertz CT molecular complexity index is 628. The van der Waals surface area contributed by atoms with Gasteiger partial charge in [-0.3, -0.25) is 0 Å². The molecule has 0 N–H and O–H groups in total. The number of alkyl halides is 1. The Morgan fingerprint density at radius 2 is 1.81 bits per heavy atom. The fourth-order valence-electron chi connectivity index (χ4n) is 2.29. The van der Waals surface area contributed by atoms with E-state index in [0.29, 0.717) is 0 Å². The maximum absolute atomic E-state index is 6.19. The van der Waals surface area contributed by atoms with E-state index in [4.69, 9.17) is 21.1 Å². The minimum atomic E-state index is 0.203. The van der Waals surface area contributed by atoms with Crippen molar-refractivity contribution in [3.8, 4) is 11.5 Å². The van der Waals surface area contributed by atoms with E-state index in [9.17, 15) is 0 Å². The molecule has 21 heavy (non-hydrogen) atoms. The van der Waals surface area contributed by atoms with E-state index in [-0.39, 0.29) is 4.83 Å². The number of halogens is 2. The van der Waals surface area contributed by atoms with Gasteiger partial charge < -0.3 is 9.47 Å². The average molecular weight is 370 g/mol. The monoisotopic (exact) mass is 368 g/mol. The van der Waals surface area contributed by atoms with Crippen molar-refractivity contribution < 1.29 is 9.47 Å². The molecule has 2 nitrogen and oxygen atoms in total. The minimum absolute atomic E-state index is 0.203. The van der Waals surface area contributed by atoms with Gasteiger partial charge in [0.15, 0.2) is 11.5 Å². The lowest BCUT2D eigenvalue weighted by Gasteiger charge is -2.15. The Labute approximate surface area is 139 Å². The Morgan fingerprint density at radius 1 is 1.10 bits per heavy atom. The zero-order chi connectivity index (χ0) is 15.4. The van der Waals surface area contributed by atoms with Gasteiger partial charge in [0.2, 0.25) is 0 Å². The number of rotatable bonds is 5. The fourth-order valence-corrected chi connectivity index (χ4v) is 3.34. The van der Waals surface area contributed by atoms with Crippen LogP contribution in [0.15, 0.2) is 36.4 Å². The summed E-state index contributed by atoms with van der Waals surface area (Å²) >= 11 is 9.95. The van der Waals surface area contributed by atoms with Crippen LogP contribution in [0, 0.1) is 6.92 Å². The lowest BCUT2D eigenvalue weighted by molar-refractivity contribution is 0.354. The summed E-state index contributed by atoms with van der Waals surface area (Å²) < 4.78 is 10.6. The SMILES string of the molecule is COc1ccc(CC(Br)c2cccc(Cl)c2C)cc1OC. The maximum atomic E-state index is 6.19. The van der Waals surface area contributed by atoms with Gasteiger partial charge in [-0.1, -0.05) is 45.7 Å². The van der Waals surface area contributed by atoms with E-state index >= 15 is 0 Å². The van der Waals surface area contributed by atoms with Crippen molar-refractivity contribution in [3.63, 3.8) is 0 Å². The van der Waals surface area contributed by atoms with Gasteiger partial charge in [-0.05, 0) is 48.2 Å². The number of hydrogen-bond donors (Lipinski definition) is 0. The quantitative estimate of drug-likeness (QED) is 0.662. The minimum Gasteiger partial charge on any atom is -0.493 e. The molecule has 1 unspecified atom stereocenters. The number of benzene rings is 2. The van der Waals surface area contributed by atoms with Crippen molar-refractivity contribution in [2.45, 2.75) is 18.2 Å². The van der Waals surface area contributed by atoms with Crippen molar-refractivity contribution in [2.24, 2.45) is 0 Å². The molecule has 0 bridgehead atoms. The Kier molecular flexibility index (Phi) is 5.54. The molecular formula is C17H18BrClO2. The van der Waals surface area contributed by atoms with E-state index in [1.807, 2.05) is 31.2 Å². The first-order chi connectivity index (χ1) is 10.1. The normalized spacial score (nSPS) is 12.0. The summed E-state index contributed by atoms with van der Waals surface area (Å²) in [5.74, 6) is 1.49. The molecule has 1 atom stereocenters. The summed E-state index contributed by atoms with van der Waals surface area (Å²) in [5.41, 5.74) is 3.49. The van der Waals surface area contributed by atoms with Gasteiger partial charge in [0.25, 0.3) is 0 Å². The van der Waals surface area contributed by atoms with Crippen LogP contribution in [0.4, 0.5) is 0 Å². The molecule has 0 aliphatic carbocycles. The second kappa shape index (κ2) is 7.19. The number of hydrogen-bond acceptors (Lipinski definition) is 2. The molecular weight excluding hydrogens is 352 g/mol. The van der Waals surface area contributed by atoms with Crippen molar-refractivity contribution >= 4 is 27.5 Å². The topological polar surface area (TPSA) is 18.5 Å². The molecule has 0 saturated carbocycles. The van der Waals surface area contributed by atoms with E-state index < -0.39 is 0 Å². The van der Waals surface area contributed by atoms with Crippen molar-refractivity contribution in [2.75, 3.05) is 14.2 Å². The second-order valence-corrected chi connectivity index (χ2v) is 6.33. The smallest absolute Gasteiger partial charge is 0.160 e. The zero-order valence-electron chi connectivity index (χ0n) is 12.3. The van der Waals surface area contributed by atoms with Crippen LogP contribution in [0.1, 0.15) is 21.5 Å². The molecule has 2 aromatic rings. The molecule has 0 saturated heterocycles. The first-order valence-electron chi connectivity index (χ1n) is 6.66. The highest BCUT2D eigenvalue weighted by molar-refractivity contribution is 9.09. The van der Waals surface area contributed by atoms with Crippen LogP contribution in [-0.2, 0) is 6.42 Å².